The predicted molar refractivity (Wildman–Crippen MR) is 81.7 cm³/mol. The molecule has 0 amide bonds. The first kappa shape index (κ1) is 15.2. The summed E-state index contributed by atoms with van der Waals surface area (Å²) in [7, 11) is 4.89. The summed E-state index contributed by atoms with van der Waals surface area (Å²) in [4.78, 5) is 0. The Morgan fingerprint density at radius 2 is 1.62 bits per heavy atom. The molecule has 112 valence electrons. The third-order valence-corrected chi connectivity index (χ3v) is 3.34. The van der Waals surface area contributed by atoms with Gasteiger partial charge in [-0.05, 0) is 35.9 Å². The minimum absolute atomic E-state index is 0.231. The van der Waals surface area contributed by atoms with Gasteiger partial charge >= 0.3 is 0 Å². The first-order valence-electron chi connectivity index (χ1n) is 6.55. The van der Waals surface area contributed by atoms with Crippen LogP contribution in [0.15, 0.2) is 42.5 Å². The van der Waals surface area contributed by atoms with Crippen LogP contribution in [-0.2, 0) is 0 Å². The number of rotatable bonds is 6. The average Bonchev–Trinajstić information content (AvgIpc) is 2.55. The highest BCUT2D eigenvalue weighted by Gasteiger charge is 2.18. The maximum Gasteiger partial charge on any atom is 0.124 e. The first-order chi connectivity index (χ1) is 10.2. The molecule has 5 nitrogen and oxygen atoms in total. The van der Waals surface area contributed by atoms with E-state index in [-0.39, 0.29) is 6.04 Å². The van der Waals surface area contributed by atoms with Crippen molar-refractivity contribution in [1.82, 2.24) is 5.43 Å². The van der Waals surface area contributed by atoms with Crippen molar-refractivity contribution in [3.05, 3.63) is 53.6 Å². The van der Waals surface area contributed by atoms with Crippen LogP contribution in [0.1, 0.15) is 17.2 Å². The number of methoxy groups -OCH3 is 3. The molecule has 0 heterocycles. The highest BCUT2D eigenvalue weighted by atomic mass is 16.5. The number of hydrogen-bond acceptors (Lipinski definition) is 5. The lowest BCUT2D eigenvalue weighted by atomic mass is 9.98. The third-order valence-electron chi connectivity index (χ3n) is 3.34. The van der Waals surface area contributed by atoms with Crippen LogP contribution in [0.3, 0.4) is 0 Å². The van der Waals surface area contributed by atoms with E-state index in [1.165, 1.54) is 0 Å². The van der Waals surface area contributed by atoms with Crippen molar-refractivity contribution in [3.8, 4) is 17.2 Å². The van der Waals surface area contributed by atoms with Crippen molar-refractivity contribution in [1.29, 1.82) is 0 Å². The van der Waals surface area contributed by atoms with Gasteiger partial charge in [0, 0.05) is 5.56 Å². The molecule has 0 fully saturated rings. The topological polar surface area (TPSA) is 65.7 Å². The average molecular weight is 288 g/mol. The lowest BCUT2D eigenvalue weighted by Gasteiger charge is -2.20. The SMILES string of the molecule is COc1cccc(C(NN)c2cc(OC)ccc2OC)c1. The van der Waals surface area contributed by atoms with E-state index >= 15 is 0 Å². The highest BCUT2D eigenvalue weighted by Crippen LogP contribution is 2.33. The van der Waals surface area contributed by atoms with Crippen molar-refractivity contribution in [2.75, 3.05) is 21.3 Å². The van der Waals surface area contributed by atoms with E-state index in [1.807, 2.05) is 42.5 Å². The third kappa shape index (κ3) is 3.26. The smallest absolute Gasteiger partial charge is 0.124 e. The van der Waals surface area contributed by atoms with Crippen molar-refractivity contribution < 1.29 is 14.2 Å². The second-order valence-electron chi connectivity index (χ2n) is 4.48. The number of hydrogen-bond donors (Lipinski definition) is 2. The Kier molecular flexibility index (Phi) is 5.03. The second kappa shape index (κ2) is 6.97. The molecule has 0 aliphatic heterocycles. The Morgan fingerprint density at radius 3 is 2.24 bits per heavy atom. The summed E-state index contributed by atoms with van der Waals surface area (Å²) in [5.41, 5.74) is 4.69. The van der Waals surface area contributed by atoms with Gasteiger partial charge in [-0.15, -0.1) is 0 Å². The van der Waals surface area contributed by atoms with E-state index in [2.05, 4.69) is 5.43 Å². The Labute approximate surface area is 124 Å². The zero-order chi connectivity index (χ0) is 15.2. The summed E-state index contributed by atoms with van der Waals surface area (Å²) in [5, 5.41) is 0. The maximum absolute atomic E-state index is 5.76. The molecule has 0 aliphatic rings. The number of nitrogens with one attached hydrogen (secondary N) is 1. The summed E-state index contributed by atoms with van der Waals surface area (Å²) in [5.74, 6) is 8.01. The van der Waals surface area contributed by atoms with Gasteiger partial charge < -0.3 is 14.2 Å². The van der Waals surface area contributed by atoms with Crippen LogP contribution in [0.5, 0.6) is 17.2 Å². The number of benzene rings is 2. The number of hydrazine groups is 1. The van der Waals surface area contributed by atoms with E-state index in [0.29, 0.717) is 0 Å². The van der Waals surface area contributed by atoms with Crippen LogP contribution in [0, 0.1) is 0 Å². The number of ether oxygens (including phenoxy) is 3. The van der Waals surface area contributed by atoms with Crippen LogP contribution < -0.4 is 25.5 Å². The molecule has 0 aromatic heterocycles. The first-order valence-corrected chi connectivity index (χ1v) is 6.55. The molecule has 0 aliphatic carbocycles. The van der Waals surface area contributed by atoms with Gasteiger partial charge in [0.1, 0.15) is 17.2 Å². The zero-order valence-corrected chi connectivity index (χ0v) is 12.4. The molecule has 3 N–H and O–H groups in total. The Morgan fingerprint density at radius 1 is 0.905 bits per heavy atom. The van der Waals surface area contributed by atoms with Gasteiger partial charge in [-0.3, -0.25) is 5.84 Å². The molecule has 1 atom stereocenters. The van der Waals surface area contributed by atoms with E-state index in [4.69, 9.17) is 20.1 Å². The van der Waals surface area contributed by atoms with Crippen LogP contribution >= 0.6 is 0 Å². The van der Waals surface area contributed by atoms with Gasteiger partial charge in [0.15, 0.2) is 0 Å². The van der Waals surface area contributed by atoms with E-state index in [9.17, 15) is 0 Å². The van der Waals surface area contributed by atoms with Gasteiger partial charge in [-0.2, -0.15) is 0 Å². The predicted octanol–water partition coefficient (Wildman–Crippen LogP) is 2.27. The molecular formula is C16H20N2O3. The minimum Gasteiger partial charge on any atom is -0.497 e. The fourth-order valence-corrected chi connectivity index (χ4v) is 2.25. The summed E-state index contributed by atoms with van der Waals surface area (Å²) in [6, 6.07) is 13.1. The molecule has 0 bridgehead atoms. The molecule has 5 heteroatoms. The minimum atomic E-state index is -0.231. The second-order valence-corrected chi connectivity index (χ2v) is 4.48. The summed E-state index contributed by atoms with van der Waals surface area (Å²) in [6.45, 7) is 0. The Hall–Kier alpha value is -2.24. The lowest BCUT2D eigenvalue weighted by Crippen LogP contribution is -2.29. The molecule has 1 unspecified atom stereocenters. The molecule has 2 rings (SSSR count). The standard InChI is InChI=1S/C16H20N2O3/c1-19-12-6-4-5-11(9-12)16(18-17)14-10-13(20-2)7-8-15(14)21-3/h4-10,16,18H,17H2,1-3H3. The van der Waals surface area contributed by atoms with Gasteiger partial charge in [0.25, 0.3) is 0 Å². The summed E-state index contributed by atoms with van der Waals surface area (Å²) in [6.07, 6.45) is 0. The van der Waals surface area contributed by atoms with Crippen LogP contribution in [0.2, 0.25) is 0 Å². The largest absolute Gasteiger partial charge is 0.497 e. The van der Waals surface area contributed by atoms with E-state index in [0.717, 1.165) is 28.4 Å². The molecule has 2 aromatic rings. The van der Waals surface area contributed by atoms with Crippen molar-refractivity contribution in [2.45, 2.75) is 6.04 Å². The van der Waals surface area contributed by atoms with E-state index < -0.39 is 0 Å². The van der Waals surface area contributed by atoms with E-state index in [1.54, 1.807) is 21.3 Å². The molecule has 0 saturated heterocycles. The molecule has 0 radical (unpaired) electrons. The molecule has 0 spiro atoms. The number of nitrogens with two attached hydrogens (primary N) is 1. The molecule has 0 saturated carbocycles. The maximum atomic E-state index is 5.76. The zero-order valence-electron chi connectivity index (χ0n) is 12.4. The molecule has 21 heavy (non-hydrogen) atoms. The fourth-order valence-electron chi connectivity index (χ4n) is 2.25. The van der Waals surface area contributed by atoms with Crippen LogP contribution in [-0.4, -0.2) is 21.3 Å². The summed E-state index contributed by atoms with van der Waals surface area (Å²) >= 11 is 0. The Bertz CT molecular complexity index is 602. The van der Waals surface area contributed by atoms with Crippen molar-refractivity contribution in [2.24, 2.45) is 5.84 Å². The highest BCUT2D eigenvalue weighted by molar-refractivity contribution is 5.47. The van der Waals surface area contributed by atoms with Crippen molar-refractivity contribution in [3.63, 3.8) is 0 Å². The molecule has 2 aromatic carbocycles. The van der Waals surface area contributed by atoms with Crippen molar-refractivity contribution >= 4 is 0 Å². The quantitative estimate of drug-likeness (QED) is 0.630. The normalized spacial score (nSPS) is 11.8. The van der Waals surface area contributed by atoms with Gasteiger partial charge in [-0.1, -0.05) is 12.1 Å². The molecular weight excluding hydrogens is 268 g/mol. The Balaban J connectivity index is 2.49. The van der Waals surface area contributed by atoms with Crippen LogP contribution in [0.25, 0.3) is 0 Å². The van der Waals surface area contributed by atoms with Gasteiger partial charge in [-0.25, -0.2) is 5.43 Å². The van der Waals surface area contributed by atoms with Gasteiger partial charge in [0.2, 0.25) is 0 Å². The monoisotopic (exact) mass is 288 g/mol. The van der Waals surface area contributed by atoms with Crippen LogP contribution in [0.4, 0.5) is 0 Å². The summed E-state index contributed by atoms with van der Waals surface area (Å²) < 4.78 is 16.0. The fraction of sp³-hybridized carbons (Fsp3) is 0.250. The lowest BCUT2D eigenvalue weighted by molar-refractivity contribution is 0.393. The van der Waals surface area contributed by atoms with Gasteiger partial charge in [0.05, 0.1) is 27.4 Å².